The number of amides is 1. The van der Waals surface area contributed by atoms with Crippen LogP contribution in [-0.2, 0) is 13.6 Å². The van der Waals surface area contributed by atoms with Crippen LogP contribution in [0.4, 0.5) is 5.69 Å². The van der Waals surface area contributed by atoms with E-state index in [2.05, 4.69) is 10.00 Å². The van der Waals surface area contributed by atoms with E-state index in [1.165, 1.54) is 17.7 Å². The first kappa shape index (κ1) is 17.1. The Hall–Kier alpha value is -2.74. The van der Waals surface area contributed by atoms with Gasteiger partial charge in [0.1, 0.15) is 5.56 Å². The lowest BCUT2D eigenvalue weighted by Gasteiger charge is -2.34. The number of nitrogens with zero attached hydrogens (tertiary/aromatic N) is 5. The summed E-state index contributed by atoms with van der Waals surface area (Å²) in [6.07, 6.45) is 2.01. The monoisotopic (exact) mass is 343 g/mol. The largest absolute Gasteiger partial charge is 0.336 e. The van der Waals surface area contributed by atoms with E-state index in [-0.39, 0.29) is 17.2 Å². The molecule has 2 aromatic rings. The van der Waals surface area contributed by atoms with Gasteiger partial charge in [-0.2, -0.15) is 5.10 Å². The van der Waals surface area contributed by atoms with Crippen molar-refractivity contribution in [1.82, 2.24) is 19.6 Å². The average Bonchev–Trinajstić information content (AvgIpc) is 2.92. The summed E-state index contributed by atoms with van der Waals surface area (Å²) < 4.78 is 1.80. The molecule has 1 aliphatic rings. The smallest absolute Gasteiger partial charge is 0.282 e. The van der Waals surface area contributed by atoms with Crippen molar-refractivity contribution in [2.75, 3.05) is 26.2 Å². The summed E-state index contributed by atoms with van der Waals surface area (Å²) in [5.74, 6) is -0.274. The maximum Gasteiger partial charge on any atom is 0.282 e. The van der Waals surface area contributed by atoms with Gasteiger partial charge in [-0.1, -0.05) is 12.1 Å². The molecule has 0 radical (unpaired) electrons. The zero-order valence-corrected chi connectivity index (χ0v) is 14.4. The van der Waals surface area contributed by atoms with Crippen LogP contribution in [0.25, 0.3) is 0 Å². The maximum absolute atomic E-state index is 12.6. The van der Waals surface area contributed by atoms with Crippen LogP contribution in [0.2, 0.25) is 0 Å². The number of nitro groups is 1. The number of hydrogen-bond acceptors (Lipinski definition) is 5. The fourth-order valence-electron chi connectivity index (χ4n) is 3.14. The number of nitro benzene ring substituents is 1. The summed E-state index contributed by atoms with van der Waals surface area (Å²) in [6.45, 7) is 5.38. The summed E-state index contributed by atoms with van der Waals surface area (Å²) in [4.78, 5) is 27.2. The normalized spacial score (nSPS) is 15.4. The Bertz CT molecular complexity index is 793. The van der Waals surface area contributed by atoms with Crippen molar-refractivity contribution in [1.29, 1.82) is 0 Å². The van der Waals surface area contributed by atoms with Crippen molar-refractivity contribution in [2.45, 2.75) is 13.5 Å². The first-order valence-electron chi connectivity index (χ1n) is 8.20. The van der Waals surface area contributed by atoms with Crippen molar-refractivity contribution in [3.63, 3.8) is 0 Å². The molecule has 0 bridgehead atoms. The van der Waals surface area contributed by atoms with Gasteiger partial charge in [-0.25, -0.2) is 0 Å². The number of carbonyl (C=O) groups is 1. The Balaban J connectivity index is 1.63. The highest BCUT2D eigenvalue weighted by Crippen LogP contribution is 2.20. The molecule has 0 aliphatic carbocycles. The highest BCUT2D eigenvalue weighted by atomic mass is 16.6. The molecular weight excluding hydrogens is 322 g/mol. The Morgan fingerprint density at radius 1 is 1.24 bits per heavy atom. The van der Waals surface area contributed by atoms with Crippen LogP contribution >= 0.6 is 0 Å². The summed E-state index contributed by atoms with van der Waals surface area (Å²) in [5, 5.41) is 15.5. The van der Waals surface area contributed by atoms with Crippen LogP contribution in [0.15, 0.2) is 30.5 Å². The molecule has 1 fully saturated rings. The highest BCUT2D eigenvalue weighted by Gasteiger charge is 2.27. The van der Waals surface area contributed by atoms with Crippen LogP contribution in [0, 0.1) is 17.0 Å². The highest BCUT2D eigenvalue weighted by molar-refractivity contribution is 5.98. The van der Waals surface area contributed by atoms with Crippen LogP contribution in [0.5, 0.6) is 0 Å². The average molecular weight is 343 g/mol. The van der Waals surface area contributed by atoms with Gasteiger partial charge in [-0.15, -0.1) is 0 Å². The molecule has 1 saturated heterocycles. The quantitative estimate of drug-likeness (QED) is 0.622. The van der Waals surface area contributed by atoms with E-state index in [0.717, 1.165) is 25.3 Å². The van der Waals surface area contributed by atoms with E-state index in [1.54, 1.807) is 21.7 Å². The predicted molar refractivity (Wildman–Crippen MR) is 92.2 cm³/mol. The van der Waals surface area contributed by atoms with E-state index >= 15 is 0 Å². The Kier molecular flexibility index (Phi) is 4.80. The Morgan fingerprint density at radius 3 is 2.52 bits per heavy atom. The Labute approximate surface area is 145 Å². The zero-order valence-electron chi connectivity index (χ0n) is 14.4. The van der Waals surface area contributed by atoms with E-state index in [4.69, 9.17) is 0 Å². The fraction of sp³-hybridized carbons (Fsp3) is 0.412. The lowest BCUT2D eigenvalue weighted by Crippen LogP contribution is -2.48. The number of benzene rings is 1. The summed E-state index contributed by atoms with van der Waals surface area (Å²) >= 11 is 0. The van der Waals surface area contributed by atoms with E-state index in [9.17, 15) is 14.9 Å². The number of hydrogen-bond donors (Lipinski definition) is 0. The topological polar surface area (TPSA) is 84.5 Å². The standard InChI is InChI=1S/C17H21N5O3/c1-13-14(11-19(2)18-13)12-20-7-9-21(10-8-20)17(23)15-5-3-4-6-16(15)22(24)25/h3-6,11H,7-10,12H2,1-2H3. The molecule has 1 aromatic heterocycles. The maximum atomic E-state index is 12.6. The number of para-hydroxylation sites is 1. The van der Waals surface area contributed by atoms with Crippen molar-refractivity contribution >= 4 is 11.6 Å². The van der Waals surface area contributed by atoms with Crippen molar-refractivity contribution < 1.29 is 9.72 Å². The molecule has 8 nitrogen and oxygen atoms in total. The Morgan fingerprint density at radius 2 is 1.92 bits per heavy atom. The molecule has 8 heteroatoms. The molecule has 0 unspecified atom stereocenters. The SMILES string of the molecule is Cc1nn(C)cc1CN1CCN(C(=O)c2ccccc2[N+](=O)[O-])CC1. The lowest BCUT2D eigenvalue weighted by molar-refractivity contribution is -0.385. The number of carbonyl (C=O) groups excluding carboxylic acids is 1. The van der Waals surface area contributed by atoms with Gasteiger partial charge in [0.2, 0.25) is 0 Å². The molecule has 1 aliphatic heterocycles. The summed E-state index contributed by atoms with van der Waals surface area (Å²) in [7, 11) is 1.90. The van der Waals surface area contributed by atoms with Gasteiger partial charge in [0.05, 0.1) is 10.6 Å². The second kappa shape index (κ2) is 7.02. The van der Waals surface area contributed by atoms with Gasteiger partial charge in [-0.05, 0) is 13.0 Å². The molecule has 1 amide bonds. The minimum atomic E-state index is -0.505. The molecule has 0 spiro atoms. The van der Waals surface area contributed by atoms with E-state index in [1.807, 2.05) is 20.2 Å². The molecule has 0 atom stereocenters. The number of rotatable bonds is 4. The van der Waals surface area contributed by atoms with Crippen molar-refractivity contribution in [3.05, 3.63) is 57.4 Å². The first-order chi connectivity index (χ1) is 12.0. The minimum Gasteiger partial charge on any atom is -0.336 e. The lowest BCUT2D eigenvalue weighted by atomic mass is 10.1. The number of piperazine rings is 1. The molecule has 1 aromatic carbocycles. The molecule has 25 heavy (non-hydrogen) atoms. The zero-order chi connectivity index (χ0) is 18.0. The fourth-order valence-corrected chi connectivity index (χ4v) is 3.14. The minimum absolute atomic E-state index is 0.138. The molecular formula is C17H21N5O3. The summed E-state index contributed by atoms with van der Waals surface area (Å²) in [5.41, 5.74) is 2.21. The summed E-state index contributed by atoms with van der Waals surface area (Å²) in [6, 6.07) is 6.12. The predicted octanol–water partition coefficient (Wildman–Crippen LogP) is 1.59. The van der Waals surface area contributed by atoms with Crippen LogP contribution < -0.4 is 0 Å². The molecule has 132 valence electrons. The molecule has 2 heterocycles. The number of aromatic nitrogens is 2. The number of aryl methyl sites for hydroxylation is 2. The van der Waals surface area contributed by atoms with Gasteiger partial charge in [-0.3, -0.25) is 24.5 Å². The van der Waals surface area contributed by atoms with Crippen molar-refractivity contribution in [2.24, 2.45) is 7.05 Å². The second-order valence-electron chi connectivity index (χ2n) is 6.26. The molecule has 0 saturated carbocycles. The second-order valence-corrected chi connectivity index (χ2v) is 6.26. The van der Waals surface area contributed by atoms with Gasteiger partial charge >= 0.3 is 0 Å². The third-order valence-corrected chi connectivity index (χ3v) is 4.50. The van der Waals surface area contributed by atoms with Crippen LogP contribution in [0.1, 0.15) is 21.6 Å². The first-order valence-corrected chi connectivity index (χ1v) is 8.20. The van der Waals surface area contributed by atoms with Gasteiger partial charge in [0, 0.05) is 57.6 Å². The van der Waals surface area contributed by atoms with Gasteiger partial charge in [0.15, 0.2) is 0 Å². The van der Waals surface area contributed by atoms with Gasteiger partial charge in [0.25, 0.3) is 11.6 Å². The van der Waals surface area contributed by atoms with E-state index < -0.39 is 4.92 Å². The van der Waals surface area contributed by atoms with Crippen molar-refractivity contribution in [3.8, 4) is 0 Å². The molecule has 3 rings (SSSR count). The van der Waals surface area contributed by atoms with E-state index in [0.29, 0.717) is 13.1 Å². The van der Waals surface area contributed by atoms with Crippen LogP contribution in [0.3, 0.4) is 0 Å². The third kappa shape index (κ3) is 3.69. The van der Waals surface area contributed by atoms with Crippen LogP contribution in [-0.4, -0.2) is 56.6 Å². The third-order valence-electron chi connectivity index (χ3n) is 4.50. The van der Waals surface area contributed by atoms with Gasteiger partial charge < -0.3 is 4.90 Å². The molecule has 0 N–H and O–H groups in total.